The van der Waals surface area contributed by atoms with Gasteiger partial charge in [0.25, 0.3) is 0 Å². The van der Waals surface area contributed by atoms with Crippen molar-refractivity contribution in [1.29, 1.82) is 0 Å². The predicted molar refractivity (Wildman–Crippen MR) is 97.0 cm³/mol. The normalized spacial score (nSPS) is 9.50. The van der Waals surface area contributed by atoms with Crippen LogP contribution >= 0.6 is 0 Å². The van der Waals surface area contributed by atoms with Crippen LogP contribution in [0.3, 0.4) is 0 Å². The molecule has 0 saturated carbocycles. The number of hydrogen-bond donors (Lipinski definition) is 0. The molecule has 0 unspecified atom stereocenters. The van der Waals surface area contributed by atoms with Crippen molar-refractivity contribution >= 4 is 13.3 Å². The Morgan fingerprint density at radius 1 is 1.18 bits per heavy atom. The second kappa shape index (κ2) is 14.2. The van der Waals surface area contributed by atoms with Crippen molar-refractivity contribution in [2.45, 2.75) is 48.1 Å². The maximum absolute atomic E-state index is 13.0. The van der Waals surface area contributed by atoms with E-state index in [1.165, 1.54) is 11.6 Å². The number of ether oxygens (including phenoxy) is 1. The van der Waals surface area contributed by atoms with Crippen molar-refractivity contribution in [3.8, 4) is 0 Å². The third kappa shape index (κ3) is 10.0. The molecule has 1 aromatic rings. The smallest absolute Gasteiger partial charge is 0.119 e. The first-order valence-corrected chi connectivity index (χ1v) is 7.67. The molecular weight excluding hydrogens is 274 g/mol. The Kier molecular flexibility index (Phi) is 14.5. The molecule has 0 aliphatic rings. The highest BCUT2D eigenvalue weighted by atomic mass is 19.1. The fourth-order valence-corrected chi connectivity index (χ4v) is 1.27. The Hall–Kier alpha value is -1.77. The number of hydrogen-bond acceptors (Lipinski definition) is 1. The van der Waals surface area contributed by atoms with Crippen molar-refractivity contribution in [2.24, 2.45) is 0 Å². The van der Waals surface area contributed by atoms with Crippen LogP contribution in [-0.4, -0.2) is 7.85 Å². The summed E-state index contributed by atoms with van der Waals surface area (Å²) in [6, 6.07) is 4.55. The van der Waals surface area contributed by atoms with E-state index in [0.717, 1.165) is 5.56 Å². The Morgan fingerprint density at radius 2 is 1.77 bits per heavy atom. The van der Waals surface area contributed by atoms with Gasteiger partial charge in [0.15, 0.2) is 0 Å². The van der Waals surface area contributed by atoms with E-state index in [4.69, 9.17) is 12.6 Å². The molecule has 2 radical (unpaired) electrons. The van der Waals surface area contributed by atoms with Crippen molar-refractivity contribution in [3.63, 3.8) is 0 Å². The lowest BCUT2D eigenvalue weighted by atomic mass is 9.94. The maximum atomic E-state index is 13.0. The average Bonchev–Trinajstić information content (AvgIpc) is 2.54. The van der Waals surface area contributed by atoms with Crippen LogP contribution in [0.4, 0.5) is 4.39 Å². The van der Waals surface area contributed by atoms with Crippen molar-refractivity contribution in [1.82, 2.24) is 0 Å². The third-order valence-electron chi connectivity index (χ3n) is 2.25. The van der Waals surface area contributed by atoms with Gasteiger partial charge in [-0.3, -0.25) is 0 Å². The summed E-state index contributed by atoms with van der Waals surface area (Å²) in [7, 11) is 5.48. The molecule has 0 saturated heterocycles. The summed E-state index contributed by atoms with van der Waals surface area (Å²) in [4.78, 5) is 0. The Balaban J connectivity index is 0. The van der Waals surface area contributed by atoms with Gasteiger partial charge in [0, 0.05) is 0 Å². The average molecular weight is 302 g/mol. The molecule has 1 rings (SSSR count). The molecule has 22 heavy (non-hydrogen) atoms. The standard InChI is InChI=1S/C15H16BFO.2C2H6/c1-4-13(7-5-11(2)3)18-10-12-6-8-15(17)14(16)9-12;2*1-2/h4-9H,1,10H2,2-3H3;2*1-2H3/b13-7+;;. The molecule has 0 spiro atoms. The minimum Gasteiger partial charge on any atom is -0.489 e. The number of halogens is 1. The van der Waals surface area contributed by atoms with Gasteiger partial charge >= 0.3 is 0 Å². The highest BCUT2D eigenvalue weighted by molar-refractivity contribution is 6.32. The van der Waals surface area contributed by atoms with E-state index < -0.39 is 5.82 Å². The Bertz CT molecular complexity index is 486. The van der Waals surface area contributed by atoms with Crippen LogP contribution in [0, 0.1) is 5.82 Å². The van der Waals surface area contributed by atoms with E-state index in [1.807, 2.05) is 53.7 Å². The first-order chi connectivity index (χ1) is 10.5. The summed E-state index contributed by atoms with van der Waals surface area (Å²) in [5.74, 6) is 0.252. The van der Waals surface area contributed by atoms with E-state index in [2.05, 4.69) is 6.58 Å². The van der Waals surface area contributed by atoms with Gasteiger partial charge in [-0.1, -0.05) is 63.5 Å². The highest BCUT2D eigenvalue weighted by Gasteiger charge is 1.99. The number of allylic oxidation sites excluding steroid dienone is 4. The van der Waals surface area contributed by atoms with Crippen molar-refractivity contribution in [3.05, 3.63) is 65.7 Å². The van der Waals surface area contributed by atoms with E-state index in [1.54, 1.807) is 18.2 Å². The summed E-state index contributed by atoms with van der Waals surface area (Å²) in [5, 5.41) is 0. The van der Waals surface area contributed by atoms with Gasteiger partial charge < -0.3 is 4.74 Å². The summed E-state index contributed by atoms with van der Waals surface area (Å²) >= 11 is 0. The molecule has 0 aromatic heterocycles. The molecule has 1 nitrogen and oxygen atoms in total. The fraction of sp³-hybridized carbons (Fsp3) is 0.368. The molecule has 0 bridgehead atoms. The summed E-state index contributed by atoms with van der Waals surface area (Å²) in [5.41, 5.74) is 2.12. The van der Waals surface area contributed by atoms with Crippen LogP contribution in [0.15, 0.2) is 54.3 Å². The molecule has 0 atom stereocenters. The highest BCUT2D eigenvalue weighted by Crippen LogP contribution is 2.08. The molecule has 0 heterocycles. The molecule has 120 valence electrons. The quantitative estimate of drug-likeness (QED) is 0.411. The maximum Gasteiger partial charge on any atom is 0.119 e. The molecule has 0 N–H and O–H groups in total. The lowest BCUT2D eigenvalue weighted by Gasteiger charge is -2.07. The molecule has 1 aromatic carbocycles. The molecule has 3 heteroatoms. The molecular formula is C19H28BFO. The van der Waals surface area contributed by atoms with Gasteiger partial charge in [0.2, 0.25) is 0 Å². The second-order valence-electron chi connectivity index (χ2n) is 4.16. The molecule has 0 fully saturated rings. The number of benzene rings is 1. The van der Waals surface area contributed by atoms with Crippen LogP contribution < -0.4 is 5.46 Å². The van der Waals surface area contributed by atoms with Gasteiger partial charge in [-0.05, 0) is 37.6 Å². The third-order valence-corrected chi connectivity index (χ3v) is 2.25. The largest absolute Gasteiger partial charge is 0.489 e. The molecule has 0 aliphatic carbocycles. The van der Waals surface area contributed by atoms with Crippen molar-refractivity contribution in [2.75, 3.05) is 0 Å². The van der Waals surface area contributed by atoms with Gasteiger partial charge in [0.05, 0.1) is 0 Å². The van der Waals surface area contributed by atoms with Crippen LogP contribution in [0.1, 0.15) is 47.1 Å². The minimum atomic E-state index is -0.414. The van der Waals surface area contributed by atoms with Crippen LogP contribution in [0.25, 0.3) is 0 Å². The van der Waals surface area contributed by atoms with E-state index in [9.17, 15) is 4.39 Å². The van der Waals surface area contributed by atoms with Gasteiger partial charge in [-0.2, -0.15) is 0 Å². The van der Waals surface area contributed by atoms with Gasteiger partial charge in [-0.25, -0.2) is 4.39 Å². The minimum absolute atomic E-state index is 0.129. The van der Waals surface area contributed by atoms with Crippen molar-refractivity contribution < 1.29 is 9.13 Å². The first-order valence-electron chi connectivity index (χ1n) is 7.67. The monoisotopic (exact) mass is 302 g/mol. The number of rotatable bonds is 5. The lowest BCUT2D eigenvalue weighted by molar-refractivity contribution is 0.211. The van der Waals surface area contributed by atoms with Gasteiger partial charge in [-0.15, -0.1) is 0 Å². The van der Waals surface area contributed by atoms with E-state index in [0.29, 0.717) is 12.4 Å². The van der Waals surface area contributed by atoms with Crippen LogP contribution in [-0.2, 0) is 11.3 Å². The van der Waals surface area contributed by atoms with Gasteiger partial charge in [0.1, 0.15) is 26.0 Å². The zero-order valence-corrected chi connectivity index (χ0v) is 14.7. The van der Waals surface area contributed by atoms with E-state index >= 15 is 0 Å². The topological polar surface area (TPSA) is 9.23 Å². The fourth-order valence-electron chi connectivity index (χ4n) is 1.27. The predicted octanol–water partition coefficient (Wildman–Crippen LogP) is 5.22. The van der Waals surface area contributed by atoms with Crippen LogP contribution in [0.5, 0.6) is 0 Å². The Morgan fingerprint density at radius 3 is 2.23 bits per heavy atom. The molecule has 0 aliphatic heterocycles. The SMILES string of the molecule is CC.CC.[B]c1cc(CO/C(C=C)=C/C=C(C)C)ccc1F. The summed E-state index contributed by atoms with van der Waals surface area (Å²) in [6.45, 7) is 16.0. The van der Waals surface area contributed by atoms with Crippen LogP contribution in [0.2, 0.25) is 0 Å². The second-order valence-corrected chi connectivity index (χ2v) is 4.16. The summed E-state index contributed by atoms with van der Waals surface area (Å²) < 4.78 is 18.5. The Labute approximate surface area is 137 Å². The summed E-state index contributed by atoms with van der Waals surface area (Å²) in [6.07, 6.45) is 5.41. The van der Waals surface area contributed by atoms with E-state index in [-0.39, 0.29) is 5.46 Å². The lowest BCUT2D eigenvalue weighted by Crippen LogP contribution is -2.09. The zero-order valence-electron chi connectivity index (χ0n) is 14.7. The first kappa shape index (κ1) is 22.5. The zero-order chi connectivity index (χ0) is 17.5. The molecule has 0 amide bonds.